The molecule has 0 fully saturated rings. The Morgan fingerprint density at radius 1 is 1.16 bits per heavy atom. The fourth-order valence-corrected chi connectivity index (χ4v) is 3.18. The Kier molecular flexibility index (Phi) is 3.99. The zero-order valence-corrected chi connectivity index (χ0v) is 13.8. The third-order valence-electron chi connectivity index (χ3n) is 3.77. The van der Waals surface area contributed by atoms with Crippen LogP contribution in [0.4, 0.5) is 10.1 Å². The van der Waals surface area contributed by atoms with Gasteiger partial charge in [0.25, 0.3) is 0 Å². The molecule has 2 aromatic carbocycles. The molecule has 7 heteroatoms. The van der Waals surface area contributed by atoms with Crippen LogP contribution >= 0.6 is 11.3 Å². The van der Waals surface area contributed by atoms with Crippen molar-refractivity contribution in [3.05, 3.63) is 65.2 Å². The van der Waals surface area contributed by atoms with Gasteiger partial charge in [0.2, 0.25) is 5.91 Å². The minimum Gasteiger partial charge on any atom is -0.322 e. The lowest BCUT2D eigenvalue weighted by atomic mass is 10.3. The summed E-state index contributed by atoms with van der Waals surface area (Å²) in [4.78, 5) is 21.3. The van der Waals surface area contributed by atoms with Gasteiger partial charge in [-0.2, -0.15) is 0 Å². The van der Waals surface area contributed by atoms with E-state index in [1.54, 1.807) is 22.2 Å². The van der Waals surface area contributed by atoms with Crippen LogP contribution in [-0.4, -0.2) is 20.4 Å². The van der Waals surface area contributed by atoms with E-state index in [2.05, 4.69) is 15.3 Å². The van der Waals surface area contributed by atoms with E-state index in [0.29, 0.717) is 11.5 Å². The van der Waals surface area contributed by atoms with Gasteiger partial charge in [0, 0.05) is 5.38 Å². The SMILES string of the molecule is O=C(Cn1c(-c2cscn2)nc2ccccc21)Nc1ccccc1F. The normalized spacial score (nSPS) is 10.9. The third-order valence-corrected chi connectivity index (χ3v) is 4.35. The number of rotatable bonds is 4. The maximum Gasteiger partial charge on any atom is 0.244 e. The van der Waals surface area contributed by atoms with Crippen molar-refractivity contribution in [1.82, 2.24) is 14.5 Å². The van der Waals surface area contributed by atoms with Gasteiger partial charge in [-0.25, -0.2) is 14.4 Å². The first-order chi connectivity index (χ1) is 12.2. The van der Waals surface area contributed by atoms with Gasteiger partial charge in [0.05, 0.1) is 22.2 Å². The molecule has 1 amide bonds. The zero-order chi connectivity index (χ0) is 17.2. The number of hydrogen-bond donors (Lipinski definition) is 1. The van der Waals surface area contributed by atoms with Gasteiger partial charge in [0.1, 0.15) is 18.1 Å². The fraction of sp³-hybridized carbons (Fsp3) is 0.0556. The molecule has 0 saturated carbocycles. The van der Waals surface area contributed by atoms with E-state index < -0.39 is 5.82 Å². The number of aromatic nitrogens is 3. The molecule has 0 aliphatic heterocycles. The van der Waals surface area contributed by atoms with E-state index >= 15 is 0 Å². The topological polar surface area (TPSA) is 59.8 Å². The summed E-state index contributed by atoms with van der Waals surface area (Å²) in [6, 6.07) is 13.7. The first kappa shape index (κ1) is 15.5. The van der Waals surface area contributed by atoms with Gasteiger partial charge in [-0.3, -0.25) is 4.79 Å². The van der Waals surface area contributed by atoms with Crippen LogP contribution in [0.2, 0.25) is 0 Å². The number of nitrogens with zero attached hydrogens (tertiary/aromatic N) is 3. The Bertz CT molecular complexity index is 1040. The molecule has 0 unspecified atom stereocenters. The van der Waals surface area contributed by atoms with Crippen LogP contribution in [0, 0.1) is 5.82 Å². The van der Waals surface area contributed by atoms with Crippen LogP contribution in [0.5, 0.6) is 0 Å². The highest BCUT2D eigenvalue weighted by molar-refractivity contribution is 7.07. The summed E-state index contributed by atoms with van der Waals surface area (Å²) < 4.78 is 15.5. The highest BCUT2D eigenvalue weighted by Gasteiger charge is 2.17. The molecule has 25 heavy (non-hydrogen) atoms. The van der Waals surface area contributed by atoms with Crippen LogP contribution in [0.1, 0.15) is 0 Å². The highest BCUT2D eigenvalue weighted by atomic mass is 32.1. The van der Waals surface area contributed by atoms with Crippen molar-refractivity contribution in [1.29, 1.82) is 0 Å². The average molecular weight is 352 g/mol. The Balaban J connectivity index is 1.70. The Labute approximate surface area is 146 Å². The number of hydrogen-bond acceptors (Lipinski definition) is 4. The number of nitrogens with one attached hydrogen (secondary N) is 1. The van der Waals surface area contributed by atoms with E-state index in [1.165, 1.54) is 23.5 Å². The number of benzene rings is 2. The maximum absolute atomic E-state index is 13.7. The lowest BCUT2D eigenvalue weighted by Crippen LogP contribution is -2.20. The Hall–Kier alpha value is -3.06. The van der Waals surface area contributed by atoms with Crippen molar-refractivity contribution in [2.24, 2.45) is 0 Å². The fourth-order valence-electron chi connectivity index (χ4n) is 2.65. The summed E-state index contributed by atoms with van der Waals surface area (Å²) in [5.74, 6) is -0.179. The smallest absolute Gasteiger partial charge is 0.244 e. The van der Waals surface area contributed by atoms with Gasteiger partial charge in [-0.05, 0) is 24.3 Å². The van der Waals surface area contributed by atoms with Crippen LogP contribution in [0.25, 0.3) is 22.6 Å². The Morgan fingerprint density at radius 3 is 2.76 bits per heavy atom. The molecule has 5 nitrogen and oxygen atoms in total. The Morgan fingerprint density at radius 2 is 1.96 bits per heavy atom. The van der Waals surface area contributed by atoms with Gasteiger partial charge < -0.3 is 9.88 Å². The summed E-state index contributed by atoms with van der Waals surface area (Å²) >= 11 is 1.46. The molecule has 0 bridgehead atoms. The van der Waals surface area contributed by atoms with Crippen LogP contribution in [0.15, 0.2) is 59.4 Å². The molecular weight excluding hydrogens is 339 g/mol. The molecule has 1 N–H and O–H groups in total. The standard InChI is InChI=1S/C18H13FN4OS/c19-12-5-1-2-6-13(12)21-17(24)9-23-16-8-4-3-7-14(16)22-18(23)15-10-25-11-20-15/h1-8,10-11H,9H2,(H,21,24). The summed E-state index contributed by atoms with van der Waals surface area (Å²) in [5.41, 5.74) is 4.20. The highest BCUT2D eigenvalue weighted by Crippen LogP contribution is 2.24. The van der Waals surface area contributed by atoms with Crippen molar-refractivity contribution in [2.45, 2.75) is 6.54 Å². The number of fused-ring (bicyclic) bond motifs is 1. The monoisotopic (exact) mass is 352 g/mol. The number of carbonyl (C=O) groups is 1. The molecule has 0 aliphatic rings. The molecular formula is C18H13FN4OS. The van der Waals surface area contributed by atoms with Gasteiger partial charge >= 0.3 is 0 Å². The number of para-hydroxylation sites is 3. The molecule has 0 aliphatic carbocycles. The largest absolute Gasteiger partial charge is 0.322 e. The summed E-state index contributed by atoms with van der Waals surface area (Å²) in [5, 5.41) is 4.49. The molecule has 2 aromatic heterocycles. The van der Waals surface area contributed by atoms with Crippen molar-refractivity contribution >= 4 is 34.0 Å². The molecule has 0 atom stereocenters. The molecule has 124 valence electrons. The number of carbonyl (C=O) groups excluding carboxylic acids is 1. The van der Waals surface area contributed by atoms with Crippen LogP contribution < -0.4 is 5.32 Å². The lowest BCUT2D eigenvalue weighted by molar-refractivity contribution is -0.116. The minimum absolute atomic E-state index is 0.0156. The molecule has 4 rings (SSSR count). The molecule has 4 aromatic rings. The number of halogens is 1. The van der Waals surface area contributed by atoms with Crippen molar-refractivity contribution in [3.8, 4) is 11.5 Å². The first-order valence-corrected chi connectivity index (χ1v) is 8.55. The van der Waals surface area contributed by atoms with Crippen molar-refractivity contribution in [2.75, 3.05) is 5.32 Å². The number of anilines is 1. The summed E-state index contributed by atoms with van der Waals surface area (Å²) in [6.45, 7) is 0.0156. The molecule has 0 spiro atoms. The van der Waals surface area contributed by atoms with Crippen molar-refractivity contribution in [3.63, 3.8) is 0 Å². The van der Waals surface area contributed by atoms with E-state index in [1.807, 2.05) is 29.6 Å². The van der Waals surface area contributed by atoms with E-state index in [4.69, 9.17) is 0 Å². The second-order valence-corrected chi connectivity index (χ2v) is 6.13. The average Bonchev–Trinajstić information content (AvgIpc) is 3.25. The molecule has 2 heterocycles. The summed E-state index contributed by atoms with van der Waals surface area (Å²) in [6.07, 6.45) is 0. The van der Waals surface area contributed by atoms with Gasteiger partial charge in [-0.15, -0.1) is 11.3 Å². The predicted octanol–water partition coefficient (Wildman–Crippen LogP) is 3.94. The number of thiazole rings is 1. The quantitative estimate of drug-likeness (QED) is 0.605. The zero-order valence-electron chi connectivity index (χ0n) is 13.0. The van der Waals surface area contributed by atoms with E-state index in [0.717, 1.165) is 11.0 Å². The predicted molar refractivity (Wildman–Crippen MR) is 95.9 cm³/mol. The number of imidazole rings is 1. The van der Waals surface area contributed by atoms with Gasteiger partial charge in [0.15, 0.2) is 5.82 Å². The second-order valence-electron chi connectivity index (χ2n) is 5.41. The van der Waals surface area contributed by atoms with E-state index in [9.17, 15) is 9.18 Å². The van der Waals surface area contributed by atoms with Crippen LogP contribution in [-0.2, 0) is 11.3 Å². The van der Waals surface area contributed by atoms with E-state index in [-0.39, 0.29) is 18.1 Å². The second kappa shape index (κ2) is 6.45. The lowest BCUT2D eigenvalue weighted by Gasteiger charge is -2.09. The van der Waals surface area contributed by atoms with Crippen LogP contribution in [0.3, 0.4) is 0 Å². The first-order valence-electron chi connectivity index (χ1n) is 7.60. The third kappa shape index (κ3) is 3.01. The summed E-state index contributed by atoms with van der Waals surface area (Å²) in [7, 11) is 0. The molecule has 0 saturated heterocycles. The van der Waals surface area contributed by atoms with Crippen molar-refractivity contribution < 1.29 is 9.18 Å². The maximum atomic E-state index is 13.7. The minimum atomic E-state index is -0.467. The molecule has 0 radical (unpaired) electrons. The van der Waals surface area contributed by atoms with Gasteiger partial charge in [-0.1, -0.05) is 24.3 Å². The number of amides is 1.